The zero-order chi connectivity index (χ0) is 16.4. The first kappa shape index (κ1) is 15.3. The Kier molecular flexibility index (Phi) is 4.14. The van der Waals surface area contributed by atoms with Gasteiger partial charge in [-0.1, -0.05) is 12.1 Å². The number of amides is 2. The molecule has 1 aromatic heterocycles. The zero-order valence-corrected chi connectivity index (χ0v) is 13.4. The largest absolute Gasteiger partial charge is 0.347 e. The van der Waals surface area contributed by atoms with Gasteiger partial charge in [0.1, 0.15) is 5.69 Å². The highest BCUT2D eigenvalue weighted by molar-refractivity contribution is 5.95. The number of benzene rings is 1. The summed E-state index contributed by atoms with van der Waals surface area (Å²) in [6.07, 6.45) is 1.54. The van der Waals surface area contributed by atoms with Crippen molar-refractivity contribution in [2.24, 2.45) is 7.05 Å². The lowest BCUT2D eigenvalue weighted by atomic mass is 10.2. The molecule has 6 heteroatoms. The third kappa shape index (κ3) is 3.26. The Balaban J connectivity index is 1.60. The summed E-state index contributed by atoms with van der Waals surface area (Å²) in [5, 5.41) is 7.02. The van der Waals surface area contributed by atoms with Crippen LogP contribution in [0.1, 0.15) is 34.6 Å². The van der Waals surface area contributed by atoms with Crippen LogP contribution in [0.2, 0.25) is 0 Å². The molecule has 1 aliphatic heterocycles. The van der Waals surface area contributed by atoms with E-state index in [-0.39, 0.29) is 11.8 Å². The minimum absolute atomic E-state index is 0.177. The van der Waals surface area contributed by atoms with Crippen molar-refractivity contribution in [3.8, 4) is 0 Å². The third-order valence-corrected chi connectivity index (χ3v) is 4.12. The molecule has 1 N–H and O–H groups in total. The molecule has 0 unspecified atom stereocenters. The first-order chi connectivity index (χ1) is 11.0. The molecule has 0 saturated carbocycles. The molecule has 2 aromatic rings. The normalized spacial score (nSPS) is 14.3. The minimum atomic E-state index is -0.188. The van der Waals surface area contributed by atoms with E-state index in [1.807, 2.05) is 38.2 Å². The number of carbonyl (C=O) groups excluding carboxylic acids is 2. The molecule has 0 atom stereocenters. The fourth-order valence-corrected chi connectivity index (χ4v) is 2.66. The molecule has 0 spiro atoms. The van der Waals surface area contributed by atoms with Crippen molar-refractivity contribution in [1.29, 1.82) is 0 Å². The topological polar surface area (TPSA) is 67.2 Å². The van der Waals surface area contributed by atoms with Crippen molar-refractivity contribution in [2.75, 3.05) is 11.4 Å². The maximum absolute atomic E-state index is 12.1. The van der Waals surface area contributed by atoms with E-state index in [9.17, 15) is 9.59 Å². The smallest absolute Gasteiger partial charge is 0.272 e. The van der Waals surface area contributed by atoms with E-state index in [2.05, 4.69) is 10.4 Å². The van der Waals surface area contributed by atoms with Gasteiger partial charge in [0.2, 0.25) is 5.91 Å². The number of aryl methyl sites for hydroxylation is 2. The maximum atomic E-state index is 12.1. The second-order valence-corrected chi connectivity index (χ2v) is 5.79. The van der Waals surface area contributed by atoms with Gasteiger partial charge < -0.3 is 10.2 Å². The average molecular weight is 312 g/mol. The molecule has 1 saturated heterocycles. The van der Waals surface area contributed by atoms with Crippen LogP contribution in [-0.4, -0.2) is 28.1 Å². The highest BCUT2D eigenvalue weighted by Gasteiger charge is 2.21. The Morgan fingerprint density at radius 3 is 2.61 bits per heavy atom. The second kappa shape index (κ2) is 6.24. The quantitative estimate of drug-likeness (QED) is 0.936. The van der Waals surface area contributed by atoms with E-state index in [1.165, 1.54) is 0 Å². The molecule has 1 aliphatic rings. The van der Waals surface area contributed by atoms with Crippen LogP contribution in [0.5, 0.6) is 0 Å². The van der Waals surface area contributed by atoms with E-state index in [1.54, 1.807) is 15.6 Å². The van der Waals surface area contributed by atoms with Crippen LogP contribution in [-0.2, 0) is 18.4 Å². The van der Waals surface area contributed by atoms with Crippen LogP contribution in [0, 0.1) is 6.92 Å². The fraction of sp³-hybridized carbons (Fsp3) is 0.353. The van der Waals surface area contributed by atoms with Crippen molar-refractivity contribution in [2.45, 2.75) is 26.3 Å². The lowest BCUT2D eigenvalue weighted by molar-refractivity contribution is -0.117. The molecule has 1 fully saturated rings. The van der Waals surface area contributed by atoms with E-state index in [0.29, 0.717) is 18.7 Å². The van der Waals surface area contributed by atoms with Crippen LogP contribution in [0.4, 0.5) is 5.69 Å². The van der Waals surface area contributed by atoms with E-state index in [4.69, 9.17) is 0 Å². The van der Waals surface area contributed by atoms with Crippen molar-refractivity contribution in [3.05, 3.63) is 47.3 Å². The number of carbonyl (C=O) groups is 2. The monoisotopic (exact) mass is 312 g/mol. The van der Waals surface area contributed by atoms with Crippen LogP contribution >= 0.6 is 0 Å². The lowest BCUT2D eigenvalue weighted by Crippen LogP contribution is -2.24. The molecule has 1 aromatic carbocycles. The van der Waals surface area contributed by atoms with Gasteiger partial charge in [-0.25, -0.2) is 0 Å². The molecule has 2 amide bonds. The number of aromatic nitrogens is 2. The Hall–Kier alpha value is -2.63. The van der Waals surface area contributed by atoms with Gasteiger partial charge in [-0.05, 0) is 37.1 Å². The summed E-state index contributed by atoms with van der Waals surface area (Å²) in [7, 11) is 1.81. The van der Waals surface area contributed by atoms with E-state index < -0.39 is 0 Å². The van der Waals surface area contributed by atoms with Gasteiger partial charge in [-0.3, -0.25) is 14.3 Å². The minimum Gasteiger partial charge on any atom is -0.347 e. The Labute approximate surface area is 135 Å². The van der Waals surface area contributed by atoms with Gasteiger partial charge in [0, 0.05) is 37.9 Å². The van der Waals surface area contributed by atoms with Gasteiger partial charge in [0.05, 0.1) is 0 Å². The van der Waals surface area contributed by atoms with Crippen LogP contribution in [0.25, 0.3) is 0 Å². The van der Waals surface area contributed by atoms with Gasteiger partial charge in [-0.2, -0.15) is 5.10 Å². The summed E-state index contributed by atoms with van der Waals surface area (Å²) >= 11 is 0. The summed E-state index contributed by atoms with van der Waals surface area (Å²) in [5.74, 6) is -0.0101. The number of hydrogen-bond acceptors (Lipinski definition) is 3. The molecule has 0 bridgehead atoms. The van der Waals surface area contributed by atoms with Gasteiger partial charge >= 0.3 is 0 Å². The van der Waals surface area contributed by atoms with Gasteiger partial charge in [0.25, 0.3) is 5.91 Å². The number of nitrogens with one attached hydrogen (secondary N) is 1. The van der Waals surface area contributed by atoms with Crippen LogP contribution in [0.15, 0.2) is 30.3 Å². The molecular formula is C17H20N4O2. The molecule has 0 aliphatic carbocycles. The first-order valence-corrected chi connectivity index (χ1v) is 7.73. The standard InChI is InChI=1S/C17H20N4O2/c1-12-10-15(19-20(12)2)17(23)18-11-13-5-7-14(8-6-13)21-9-3-4-16(21)22/h5-8,10H,3-4,9,11H2,1-2H3,(H,18,23). The van der Waals surface area contributed by atoms with Crippen molar-refractivity contribution < 1.29 is 9.59 Å². The molecular weight excluding hydrogens is 292 g/mol. The lowest BCUT2D eigenvalue weighted by Gasteiger charge is -2.16. The third-order valence-electron chi connectivity index (χ3n) is 4.12. The van der Waals surface area contributed by atoms with Crippen LogP contribution < -0.4 is 10.2 Å². The molecule has 23 heavy (non-hydrogen) atoms. The maximum Gasteiger partial charge on any atom is 0.272 e. The highest BCUT2D eigenvalue weighted by atomic mass is 16.2. The van der Waals surface area contributed by atoms with Crippen molar-refractivity contribution in [1.82, 2.24) is 15.1 Å². The number of rotatable bonds is 4. The molecule has 2 heterocycles. The fourth-order valence-electron chi connectivity index (χ4n) is 2.66. The second-order valence-electron chi connectivity index (χ2n) is 5.79. The van der Waals surface area contributed by atoms with Gasteiger partial charge in [0.15, 0.2) is 0 Å². The molecule has 120 valence electrons. The van der Waals surface area contributed by atoms with E-state index in [0.717, 1.165) is 29.9 Å². The average Bonchev–Trinajstić information content (AvgIpc) is 3.12. The first-order valence-electron chi connectivity index (χ1n) is 7.73. The predicted molar refractivity (Wildman–Crippen MR) is 87.1 cm³/mol. The predicted octanol–water partition coefficient (Wildman–Crippen LogP) is 1.79. The summed E-state index contributed by atoms with van der Waals surface area (Å²) < 4.78 is 1.68. The Bertz CT molecular complexity index is 714. The zero-order valence-electron chi connectivity index (χ0n) is 13.4. The Morgan fingerprint density at radius 1 is 1.30 bits per heavy atom. The number of nitrogens with zero attached hydrogens (tertiary/aromatic N) is 3. The highest BCUT2D eigenvalue weighted by Crippen LogP contribution is 2.21. The van der Waals surface area contributed by atoms with Crippen molar-refractivity contribution >= 4 is 17.5 Å². The van der Waals surface area contributed by atoms with Crippen molar-refractivity contribution in [3.63, 3.8) is 0 Å². The van der Waals surface area contributed by atoms with E-state index >= 15 is 0 Å². The van der Waals surface area contributed by atoms with Crippen LogP contribution in [0.3, 0.4) is 0 Å². The number of anilines is 1. The summed E-state index contributed by atoms with van der Waals surface area (Å²) in [6.45, 7) is 3.12. The summed E-state index contributed by atoms with van der Waals surface area (Å²) in [6, 6.07) is 9.48. The van der Waals surface area contributed by atoms with Gasteiger partial charge in [-0.15, -0.1) is 0 Å². The summed E-state index contributed by atoms with van der Waals surface area (Å²) in [5.41, 5.74) is 3.27. The Morgan fingerprint density at radius 2 is 2.04 bits per heavy atom. The molecule has 3 rings (SSSR count). The SMILES string of the molecule is Cc1cc(C(=O)NCc2ccc(N3CCCC3=O)cc2)nn1C. The summed E-state index contributed by atoms with van der Waals surface area (Å²) in [4.78, 5) is 25.6. The molecule has 0 radical (unpaired) electrons. The molecule has 6 nitrogen and oxygen atoms in total. The number of hydrogen-bond donors (Lipinski definition) is 1.